The molecule has 4 nitrogen and oxygen atoms in total. The second kappa shape index (κ2) is 6.33. The van der Waals surface area contributed by atoms with Crippen LogP contribution in [0.1, 0.15) is 12.5 Å². The van der Waals surface area contributed by atoms with E-state index in [0.717, 1.165) is 27.1 Å². The summed E-state index contributed by atoms with van der Waals surface area (Å²) < 4.78 is 6.03. The standard InChI is InChI=1S/C12H15ClN2O2S/c1-2-15(5-6-16)8-9-7-14-17-12(9)10-3-4-11(13)18-10/h3-4,7,16H,2,5-6,8H2,1H3. The highest BCUT2D eigenvalue weighted by molar-refractivity contribution is 7.19. The third-order valence-electron chi connectivity index (χ3n) is 2.70. The van der Waals surface area contributed by atoms with Gasteiger partial charge < -0.3 is 9.63 Å². The molecular weight excluding hydrogens is 272 g/mol. The van der Waals surface area contributed by atoms with E-state index in [2.05, 4.69) is 17.0 Å². The lowest BCUT2D eigenvalue weighted by Gasteiger charge is -2.18. The minimum Gasteiger partial charge on any atom is -0.395 e. The summed E-state index contributed by atoms with van der Waals surface area (Å²) in [6, 6.07) is 3.78. The first-order valence-corrected chi connectivity index (χ1v) is 6.96. The second-order valence-electron chi connectivity index (χ2n) is 3.88. The average Bonchev–Trinajstić information content (AvgIpc) is 2.97. The van der Waals surface area contributed by atoms with Crippen LogP contribution in [0.25, 0.3) is 10.6 Å². The SMILES string of the molecule is CCN(CCO)Cc1cnoc1-c1ccc(Cl)s1. The largest absolute Gasteiger partial charge is 0.395 e. The third-order valence-corrected chi connectivity index (χ3v) is 3.93. The van der Waals surface area contributed by atoms with Crippen molar-refractivity contribution in [1.82, 2.24) is 10.1 Å². The molecule has 0 aromatic carbocycles. The molecule has 98 valence electrons. The molecule has 0 spiro atoms. The predicted octanol–water partition coefficient (Wildman–Crippen LogP) is 2.87. The Kier molecular flexibility index (Phi) is 4.77. The van der Waals surface area contributed by atoms with Gasteiger partial charge in [0, 0.05) is 18.7 Å². The van der Waals surface area contributed by atoms with Crippen LogP contribution < -0.4 is 0 Å². The lowest BCUT2D eigenvalue weighted by Crippen LogP contribution is -2.26. The number of hydrogen-bond acceptors (Lipinski definition) is 5. The molecule has 2 aromatic rings. The first-order chi connectivity index (χ1) is 8.74. The summed E-state index contributed by atoms with van der Waals surface area (Å²) in [6.07, 6.45) is 1.73. The van der Waals surface area contributed by atoms with Gasteiger partial charge in [0.25, 0.3) is 0 Å². The fourth-order valence-electron chi connectivity index (χ4n) is 1.74. The Bertz CT molecular complexity index is 498. The minimum atomic E-state index is 0.152. The normalized spacial score (nSPS) is 11.3. The van der Waals surface area contributed by atoms with Crippen molar-refractivity contribution in [3.05, 3.63) is 28.2 Å². The van der Waals surface area contributed by atoms with Gasteiger partial charge in [-0.3, -0.25) is 4.90 Å². The van der Waals surface area contributed by atoms with E-state index in [4.69, 9.17) is 21.2 Å². The van der Waals surface area contributed by atoms with E-state index >= 15 is 0 Å². The van der Waals surface area contributed by atoms with Crippen molar-refractivity contribution < 1.29 is 9.63 Å². The molecule has 0 aliphatic rings. The lowest BCUT2D eigenvalue weighted by atomic mass is 10.2. The van der Waals surface area contributed by atoms with E-state index < -0.39 is 0 Å². The summed E-state index contributed by atoms with van der Waals surface area (Å²) in [6.45, 7) is 4.44. The van der Waals surface area contributed by atoms with Crippen molar-refractivity contribution in [2.24, 2.45) is 0 Å². The summed E-state index contributed by atoms with van der Waals surface area (Å²) in [7, 11) is 0. The topological polar surface area (TPSA) is 49.5 Å². The van der Waals surface area contributed by atoms with Crippen LogP contribution in [0.5, 0.6) is 0 Å². The molecule has 1 N–H and O–H groups in total. The van der Waals surface area contributed by atoms with Gasteiger partial charge in [0.05, 0.1) is 22.0 Å². The van der Waals surface area contributed by atoms with Gasteiger partial charge in [-0.2, -0.15) is 0 Å². The number of aliphatic hydroxyl groups is 1. The first-order valence-electron chi connectivity index (χ1n) is 5.77. The number of rotatable bonds is 6. The molecule has 2 aromatic heterocycles. The number of thiophene rings is 1. The molecule has 0 aliphatic carbocycles. The van der Waals surface area contributed by atoms with Crippen molar-refractivity contribution in [1.29, 1.82) is 0 Å². The molecule has 6 heteroatoms. The second-order valence-corrected chi connectivity index (χ2v) is 5.59. The fraction of sp³-hybridized carbons (Fsp3) is 0.417. The van der Waals surface area contributed by atoms with Gasteiger partial charge in [0.15, 0.2) is 5.76 Å². The predicted molar refractivity (Wildman–Crippen MR) is 72.9 cm³/mol. The van der Waals surface area contributed by atoms with Gasteiger partial charge in [-0.05, 0) is 18.7 Å². The number of hydrogen-bond donors (Lipinski definition) is 1. The fourth-order valence-corrected chi connectivity index (χ4v) is 2.80. The first kappa shape index (κ1) is 13.5. The summed E-state index contributed by atoms with van der Waals surface area (Å²) in [5.41, 5.74) is 1.02. The van der Waals surface area contributed by atoms with Crippen LogP contribution in [0.4, 0.5) is 0 Å². The molecule has 0 aliphatic heterocycles. The molecule has 18 heavy (non-hydrogen) atoms. The van der Waals surface area contributed by atoms with E-state index in [1.807, 2.05) is 12.1 Å². The van der Waals surface area contributed by atoms with Crippen LogP contribution >= 0.6 is 22.9 Å². The molecule has 0 amide bonds. The maximum atomic E-state index is 8.99. The Balaban J connectivity index is 2.17. The molecular formula is C12H15ClN2O2S. The highest BCUT2D eigenvalue weighted by Gasteiger charge is 2.15. The van der Waals surface area contributed by atoms with Crippen LogP contribution in [0.15, 0.2) is 22.9 Å². The van der Waals surface area contributed by atoms with Crippen LogP contribution in [0, 0.1) is 0 Å². The van der Waals surface area contributed by atoms with Gasteiger partial charge >= 0.3 is 0 Å². The van der Waals surface area contributed by atoms with E-state index in [1.165, 1.54) is 11.3 Å². The maximum absolute atomic E-state index is 8.99. The Labute approximate surface area is 115 Å². The molecule has 2 rings (SSSR count). The van der Waals surface area contributed by atoms with E-state index in [0.29, 0.717) is 13.1 Å². The summed E-state index contributed by atoms with van der Waals surface area (Å²) >= 11 is 7.40. The number of nitrogens with zero attached hydrogens (tertiary/aromatic N) is 2. The average molecular weight is 287 g/mol. The van der Waals surface area contributed by atoms with Crippen LogP contribution in [-0.4, -0.2) is 34.9 Å². The molecule has 0 unspecified atom stereocenters. The highest BCUT2D eigenvalue weighted by Crippen LogP contribution is 2.33. The molecule has 2 heterocycles. The summed E-state index contributed by atoms with van der Waals surface area (Å²) in [5, 5.41) is 12.8. The molecule has 0 fully saturated rings. The number of halogens is 1. The van der Waals surface area contributed by atoms with E-state index in [-0.39, 0.29) is 6.61 Å². The van der Waals surface area contributed by atoms with Crippen molar-refractivity contribution in [3.8, 4) is 10.6 Å². The van der Waals surface area contributed by atoms with Gasteiger partial charge in [-0.1, -0.05) is 23.7 Å². The molecule has 0 radical (unpaired) electrons. The quantitative estimate of drug-likeness (QED) is 0.887. The lowest BCUT2D eigenvalue weighted by molar-refractivity contribution is 0.197. The zero-order valence-corrected chi connectivity index (χ0v) is 11.7. The maximum Gasteiger partial charge on any atom is 0.181 e. The van der Waals surface area contributed by atoms with E-state index in [1.54, 1.807) is 6.20 Å². The smallest absolute Gasteiger partial charge is 0.181 e. The van der Waals surface area contributed by atoms with Crippen molar-refractivity contribution >= 4 is 22.9 Å². The Morgan fingerprint density at radius 1 is 1.50 bits per heavy atom. The van der Waals surface area contributed by atoms with Gasteiger partial charge in [-0.25, -0.2) is 0 Å². The zero-order valence-electron chi connectivity index (χ0n) is 10.1. The molecule has 0 saturated heterocycles. The number of likely N-dealkylation sites (N-methyl/N-ethyl adjacent to an activating group) is 1. The number of aliphatic hydroxyl groups excluding tert-OH is 1. The van der Waals surface area contributed by atoms with Crippen LogP contribution in [0.2, 0.25) is 4.34 Å². The Morgan fingerprint density at radius 3 is 2.94 bits per heavy atom. The zero-order chi connectivity index (χ0) is 13.0. The number of aromatic nitrogens is 1. The van der Waals surface area contributed by atoms with Crippen LogP contribution in [0.3, 0.4) is 0 Å². The monoisotopic (exact) mass is 286 g/mol. The molecule has 0 saturated carbocycles. The Hall–Kier alpha value is -0.880. The summed E-state index contributed by atoms with van der Waals surface area (Å²) in [5.74, 6) is 0.767. The van der Waals surface area contributed by atoms with Crippen molar-refractivity contribution in [2.75, 3.05) is 19.7 Å². The van der Waals surface area contributed by atoms with Crippen molar-refractivity contribution in [3.63, 3.8) is 0 Å². The third kappa shape index (κ3) is 3.11. The molecule has 0 atom stereocenters. The summed E-state index contributed by atoms with van der Waals surface area (Å²) in [4.78, 5) is 3.11. The minimum absolute atomic E-state index is 0.152. The van der Waals surface area contributed by atoms with E-state index in [9.17, 15) is 0 Å². The van der Waals surface area contributed by atoms with Gasteiger partial charge in [0.1, 0.15) is 0 Å². The molecule has 0 bridgehead atoms. The van der Waals surface area contributed by atoms with Crippen molar-refractivity contribution in [2.45, 2.75) is 13.5 Å². The Morgan fingerprint density at radius 2 is 2.33 bits per heavy atom. The van der Waals surface area contributed by atoms with Gasteiger partial charge in [0.2, 0.25) is 0 Å². The van der Waals surface area contributed by atoms with Crippen LogP contribution in [-0.2, 0) is 6.54 Å². The van der Waals surface area contributed by atoms with Gasteiger partial charge in [-0.15, -0.1) is 11.3 Å². The highest BCUT2D eigenvalue weighted by atomic mass is 35.5.